The number of hydrogen-bond acceptors (Lipinski definition) is 4. The van der Waals surface area contributed by atoms with Gasteiger partial charge in [0.25, 0.3) is 0 Å². The topological polar surface area (TPSA) is 72.2 Å². The molecule has 0 radical (unpaired) electrons. The van der Waals surface area contributed by atoms with Crippen molar-refractivity contribution >= 4 is 21.4 Å². The van der Waals surface area contributed by atoms with Gasteiger partial charge in [-0.15, -0.1) is 0 Å². The van der Waals surface area contributed by atoms with Gasteiger partial charge in [0.1, 0.15) is 11.4 Å². The molecule has 1 N–H and O–H groups in total. The molecule has 0 bridgehead atoms. The first-order chi connectivity index (χ1) is 15.5. The van der Waals surface area contributed by atoms with E-state index in [9.17, 15) is 13.5 Å². The summed E-state index contributed by atoms with van der Waals surface area (Å²) in [6, 6.07) is 22.3. The lowest BCUT2D eigenvalue weighted by Gasteiger charge is -2.13. The van der Waals surface area contributed by atoms with E-state index >= 15 is 0 Å². The van der Waals surface area contributed by atoms with Crippen LogP contribution in [-0.2, 0) is 21.9 Å². The largest absolute Gasteiger partial charge is 0.384 e. The molecule has 0 aliphatic rings. The summed E-state index contributed by atoms with van der Waals surface area (Å²) in [5.74, 6) is 0.757. The van der Waals surface area contributed by atoms with E-state index in [2.05, 4.69) is 0 Å². The summed E-state index contributed by atoms with van der Waals surface area (Å²) in [6.07, 6.45) is 3.55. The first-order valence-electron chi connectivity index (χ1n) is 10.5. The van der Waals surface area contributed by atoms with Gasteiger partial charge in [-0.3, -0.25) is 0 Å². The van der Waals surface area contributed by atoms with E-state index in [0.29, 0.717) is 17.1 Å². The standard InChI is InChI=1S/C26H25ClN2O3S/c1-26(2,30)24-17-29(25(28-24)16-20-7-4-5-10-23(20)27)21-13-11-18(12-14-21)19-8-6-9-22(15-19)33(3,31)32/h4-15,17,30H,16H2,1-3H3. The van der Waals surface area contributed by atoms with Crippen molar-refractivity contribution in [3.8, 4) is 16.8 Å². The molecule has 1 heterocycles. The van der Waals surface area contributed by atoms with E-state index in [4.69, 9.17) is 16.6 Å². The molecule has 0 fully saturated rings. The van der Waals surface area contributed by atoms with Gasteiger partial charge in [0.05, 0.1) is 10.6 Å². The van der Waals surface area contributed by atoms with E-state index in [1.807, 2.05) is 65.4 Å². The summed E-state index contributed by atoms with van der Waals surface area (Å²) in [5, 5.41) is 11.2. The summed E-state index contributed by atoms with van der Waals surface area (Å²) in [6.45, 7) is 3.41. The highest BCUT2D eigenvalue weighted by molar-refractivity contribution is 7.90. The Morgan fingerprint density at radius 2 is 1.67 bits per heavy atom. The Balaban J connectivity index is 1.73. The smallest absolute Gasteiger partial charge is 0.175 e. The first-order valence-corrected chi connectivity index (χ1v) is 12.7. The van der Waals surface area contributed by atoms with Gasteiger partial charge in [-0.1, -0.05) is 54.1 Å². The van der Waals surface area contributed by atoms with Crippen LogP contribution in [0.15, 0.2) is 83.9 Å². The fourth-order valence-corrected chi connectivity index (χ4v) is 4.46. The van der Waals surface area contributed by atoms with Crippen molar-refractivity contribution in [3.63, 3.8) is 0 Å². The van der Waals surface area contributed by atoms with Gasteiger partial charge in [0.15, 0.2) is 9.84 Å². The number of hydrogen-bond donors (Lipinski definition) is 1. The number of benzene rings is 3. The molecule has 0 aliphatic carbocycles. The monoisotopic (exact) mass is 480 g/mol. The zero-order chi connectivity index (χ0) is 23.8. The molecule has 0 saturated heterocycles. The number of sulfone groups is 1. The second-order valence-corrected chi connectivity index (χ2v) is 11.0. The van der Waals surface area contributed by atoms with Crippen molar-refractivity contribution in [2.45, 2.75) is 30.8 Å². The summed E-state index contributed by atoms with van der Waals surface area (Å²) in [7, 11) is -3.28. The predicted molar refractivity (Wildman–Crippen MR) is 132 cm³/mol. The van der Waals surface area contributed by atoms with Crippen LogP contribution in [0, 0.1) is 0 Å². The Labute approximate surface area is 199 Å². The summed E-state index contributed by atoms with van der Waals surface area (Å²) in [4.78, 5) is 4.99. The molecule has 33 heavy (non-hydrogen) atoms. The van der Waals surface area contributed by atoms with Gasteiger partial charge in [0.2, 0.25) is 0 Å². The van der Waals surface area contributed by atoms with Crippen LogP contribution >= 0.6 is 11.6 Å². The maximum Gasteiger partial charge on any atom is 0.175 e. The number of aliphatic hydroxyl groups is 1. The molecule has 3 aromatic carbocycles. The quantitative estimate of drug-likeness (QED) is 0.400. The Bertz CT molecular complexity index is 1400. The van der Waals surface area contributed by atoms with Crippen molar-refractivity contribution in [1.29, 1.82) is 0 Å². The second kappa shape index (κ2) is 8.78. The molecule has 0 saturated carbocycles. The van der Waals surface area contributed by atoms with E-state index in [0.717, 1.165) is 28.2 Å². The Hall–Kier alpha value is -2.93. The zero-order valence-corrected chi connectivity index (χ0v) is 20.2. The molecule has 0 amide bonds. The molecule has 1 aromatic heterocycles. The Morgan fingerprint density at radius 1 is 0.970 bits per heavy atom. The summed E-state index contributed by atoms with van der Waals surface area (Å²) < 4.78 is 25.8. The Morgan fingerprint density at radius 3 is 2.30 bits per heavy atom. The molecule has 0 atom stereocenters. The number of halogens is 1. The van der Waals surface area contributed by atoms with Gasteiger partial charge in [-0.05, 0) is 60.9 Å². The van der Waals surface area contributed by atoms with Crippen LogP contribution in [0.25, 0.3) is 16.8 Å². The molecule has 4 rings (SSSR count). The van der Waals surface area contributed by atoms with Crippen molar-refractivity contribution in [3.05, 3.63) is 101 Å². The number of imidazole rings is 1. The van der Waals surface area contributed by atoms with Gasteiger partial charge in [0, 0.05) is 29.6 Å². The van der Waals surface area contributed by atoms with Crippen molar-refractivity contribution in [1.82, 2.24) is 9.55 Å². The lowest BCUT2D eigenvalue weighted by Crippen LogP contribution is -2.15. The minimum absolute atomic E-state index is 0.288. The van der Waals surface area contributed by atoms with Gasteiger partial charge < -0.3 is 9.67 Å². The molecular formula is C26H25ClN2O3S. The van der Waals surface area contributed by atoms with Crippen LogP contribution in [0.4, 0.5) is 0 Å². The lowest BCUT2D eigenvalue weighted by atomic mass is 10.1. The van der Waals surface area contributed by atoms with Crippen molar-refractivity contribution < 1.29 is 13.5 Å². The number of rotatable bonds is 6. The van der Waals surface area contributed by atoms with Gasteiger partial charge in [-0.2, -0.15) is 0 Å². The van der Waals surface area contributed by atoms with Crippen LogP contribution in [0.3, 0.4) is 0 Å². The lowest BCUT2D eigenvalue weighted by molar-refractivity contribution is 0.0741. The fourth-order valence-electron chi connectivity index (χ4n) is 3.59. The molecule has 0 unspecified atom stereocenters. The molecule has 0 aliphatic heterocycles. The molecule has 5 nitrogen and oxygen atoms in total. The maximum atomic E-state index is 11.9. The molecule has 0 spiro atoms. The Kier molecular flexibility index (Phi) is 6.18. The summed E-state index contributed by atoms with van der Waals surface area (Å²) >= 11 is 6.37. The third-order valence-electron chi connectivity index (χ3n) is 5.45. The highest BCUT2D eigenvalue weighted by Gasteiger charge is 2.22. The van der Waals surface area contributed by atoms with Crippen molar-refractivity contribution in [2.75, 3.05) is 6.26 Å². The van der Waals surface area contributed by atoms with Crippen LogP contribution in [0.5, 0.6) is 0 Å². The molecular weight excluding hydrogens is 456 g/mol. The molecule has 4 aromatic rings. The average Bonchev–Trinajstić information content (AvgIpc) is 3.19. The number of aromatic nitrogens is 2. The highest BCUT2D eigenvalue weighted by atomic mass is 35.5. The second-order valence-electron chi connectivity index (χ2n) is 8.59. The third kappa shape index (κ3) is 5.19. The summed E-state index contributed by atoms with van der Waals surface area (Å²) in [5.41, 5.74) is 3.02. The van der Waals surface area contributed by atoms with Crippen LogP contribution in [-0.4, -0.2) is 29.3 Å². The zero-order valence-electron chi connectivity index (χ0n) is 18.7. The maximum absolute atomic E-state index is 11.9. The molecule has 7 heteroatoms. The third-order valence-corrected chi connectivity index (χ3v) is 6.93. The van der Waals surface area contributed by atoms with Crippen LogP contribution < -0.4 is 0 Å². The molecule has 170 valence electrons. The minimum Gasteiger partial charge on any atom is -0.384 e. The van der Waals surface area contributed by atoms with Gasteiger partial charge in [-0.25, -0.2) is 13.4 Å². The van der Waals surface area contributed by atoms with E-state index in [1.165, 1.54) is 6.26 Å². The van der Waals surface area contributed by atoms with Crippen molar-refractivity contribution in [2.24, 2.45) is 0 Å². The van der Waals surface area contributed by atoms with Crippen LogP contribution in [0.1, 0.15) is 30.9 Å². The number of nitrogens with zero attached hydrogens (tertiary/aromatic N) is 2. The first kappa shape index (κ1) is 23.2. The van der Waals surface area contributed by atoms with Gasteiger partial charge >= 0.3 is 0 Å². The SMILES string of the molecule is CC(C)(O)c1cn(-c2ccc(-c3cccc(S(C)(=O)=O)c3)cc2)c(Cc2ccccc2Cl)n1. The van der Waals surface area contributed by atoms with E-state index in [1.54, 1.807) is 32.0 Å². The normalized spacial score (nSPS) is 12.2. The minimum atomic E-state index is -3.28. The average molecular weight is 481 g/mol. The highest BCUT2D eigenvalue weighted by Crippen LogP contribution is 2.28. The van der Waals surface area contributed by atoms with E-state index in [-0.39, 0.29) is 4.90 Å². The van der Waals surface area contributed by atoms with Crippen LogP contribution in [0.2, 0.25) is 5.02 Å². The van der Waals surface area contributed by atoms with E-state index < -0.39 is 15.4 Å². The fraction of sp³-hybridized carbons (Fsp3) is 0.192. The predicted octanol–water partition coefficient (Wildman–Crippen LogP) is 5.41.